The van der Waals surface area contributed by atoms with Crippen molar-refractivity contribution in [2.75, 3.05) is 11.9 Å². The van der Waals surface area contributed by atoms with Crippen molar-refractivity contribution in [1.29, 1.82) is 0 Å². The van der Waals surface area contributed by atoms with Gasteiger partial charge in [-0.1, -0.05) is 38.1 Å². The summed E-state index contributed by atoms with van der Waals surface area (Å²) in [4.78, 5) is 16.3. The number of pyridine rings is 1. The van der Waals surface area contributed by atoms with E-state index >= 15 is 0 Å². The Hall–Kier alpha value is -3.40. The second-order valence-corrected chi connectivity index (χ2v) is 7.83. The zero-order chi connectivity index (χ0) is 21.3. The number of carbonyl (C=O) groups is 1. The molecule has 4 heteroatoms. The highest BCUT2D eigenvalue weighted by Crippen LogP contribution is 2.22. The van der Waals surface area contributed by atoms with Gasteiger partial charge in [-0.05, 0) is 78.4 Å². The molecule has 0 saturated carbocycles. The summed E-state index contributed by atoms with van der Waals surface area (Å²) in [6, 6.07) is 18.0. The molecule has 3 rings (SSSR count). The standard InChI is InChI=1S/C26H29N3O/c1-19(2)12-17-28-26(30)23-8-11-25(20(3)18-23)29-24-9-6-21(7-10-24)4-5-22-13-15-27-16-14-22/h4-11,13-16,18-19,29H,12,17H2,1-3H3,(H,28,30). The van der Waals surface area contributed by atoms with Crippen LogP contribution in [0.4, 0.5) is 11.4 Å². The number of benzene rings is 2. The third-order valence-electron chi connectivity index (χ3n) is 4.86. The summed E-state index contributed by atoms with van der Waals surface area (Å²) in [6.07, 6.45) is 8.71. The van der Waals surface area contributed by atoms with E-state index in [1.54, 1.807) is 12.4 Å². The Labute approximate surface area is 179 Å². The summed E-state index contributed by atoms with van der Waals surface area (Å²) in [5, 5.41) is 6.42. The molecule has 0 aliphatic carbocycles. The third-order valence-corrected chi connectivity index (χ3v) is 4.86. The van der Waals surface area contributed by atoms with Crippen molar-refractivity contribution in [1.82, 2.24) is 10.3 Å². The van der Waals surface area contributed by atoms with Crippen LogP contribution in [0.15, 0.2) is 67.0 Å². The minimum absolute atomic E-state index is 0.0179. The number of hydrogen-bond donors (Lipinski definition) is 2. The summed E-state index contributed by atoms with van der Waals surface area (Å²) in [6.45, 7) is 7.03. The van der Waals surface area contributed by atoms with Crippen molar-refractivity contribution < 1.29 is 4.79 Å². The van der Waals surface area contributed by atoms with Crippen LogP contribution in [0.2, 0.25) is 0 Å². The van der Waals surface area contributed by atoms with E-state index in [9.17, 15) is 4.79 Å². The van der Waals surface area contributed by atoms with E-state index in [2.05, 4.69) is 65.9 Å². The highest BCUT2D eigenvalue weighted by atomic mass is 16.1. The van der Waals surface area contributed by atoms with Gasteiger partial charge in [0, 0.05) is 35.9 Å². The highest BCUT2D eigenvalue weighted by Gasteiger charge is 2.08. The number of nitrogens with zero attached hydrogens (tertiary/aromatic N) is 1. The zero-order valence-electron chi connectivity index (χ0n) is 17.9. The molecule has 0 spiro atoms. The first-order valence-corrected chi connectivity index (χ1v) is 10.4. The van der Waals surface area contributed by atoms with Crippen molar-refractivity contribution >= 4 is 29.4 Å². The maximum atomic E-state index is 12.3. The van der Waals surface area contributed by atoms with E-state index < -0.39 is 0 Å². The molecular formula is C26H29N3O. The lowest BCUT2D eigenvalue weighted by Crippen LogP contribution is -2.25. The molecule has 3 aromatic rings. The molecule has 0 aliphatic rings. The van der Waals surface area contributed by atoms with Gasteiger partial charge in [0.15, 0.2) is 0 Å². The Bertz CT molecular complexity index is 993. The summed E-state index contributed by atoms with van der Waals surface area (Å²) < 4.78 is 0. The average Bonchev–Trinajstić information content (AvgIpc) is 2.75. The first-order valence-electron chi connectivity index (χ1n) is 10.4. The molecule has 0 aliphatic heterocycles. The van der Waals surface area contributed by atoms with E-state index in [0.29, 0.717) is 18.0 Å². The minimum atomic E-state index is -0.0179. The van der Waals surface area contributed by atoms with Gasteiger partial charge in [-0.25, -0.2) is 0 Å². The van der Waals surface area contributed by atoms with Crippen LogP contribution in [0.5, 0.6) is 0 Å². The number of nitrogens with one attached hydrogen (secondary N) is 2. The van der Waals surface area contributed by atoms with Crippen LogP contribution in [0.25, 0.3) is 12.2 Å². The van der Waals surface area contributed by atoms with Gasteiger partial charge in [0.2, 0.25) is 0 Å². The Kier molecular flexibility index (Phi) is 7.39. The van der Waals surface area contributed by atoms with E-state index in [4.69, 9.17) is 0 Å². The Balaban J connectivity index is 1.60. The molecule has 1 aromatic heterocycles. The zero-order valence-corrected chi connectivity index (χ0v) is 17.9. The molecule has 2 aromatic carbocycles. The molecule has 1 heterocycles. The molecule has 1 amide bonds. The van der Waals surface area contributed by atoms with Gasteiger partial charge in [0.1, 0.15) is 0 Å². The molecule has 154 valence electrons. The fraction of sp³-hybridized carbons (Fsp3) is 0.231. The average molecular weight is 400 g/mol. The van der Waals surface area contributed by atoms with Gasteiger partial charge in [-0.2, -0.15) is 0 Å². The van der Waals surface area contributed by atoms with E-state index in [1.807, 2.05) is 37.3 Å². The van der Waals surface area contributed by atoms with E-state index in [0.717, 1.165) is 34.5 Å². The first-order chi connectivity index (χ1) is 14.5. The van der Waals surface area contributed by atoms with Crippen LogP contribution in [-0.4, -0.2) is 17.4 Å². The second-order valence-electron chi connectivity index (χ2n) is 7.83. The maximum Gasteiger partial charge on any atom is 0.251 e. The number of hydrogen-bond acceptors (Lipinski definition) is 3. The quantitative estimate of drug-likeness (QED) is 0.483. The van der Waals surface area contributed by atoms with Crippen LogP contribution in [0.1, 0.15) is 47.3 Å². The van der Waals surface area contributed by atoms with Crippen molar-refractivity contribution in [3.63, 3.8) is 0 Å². The monoisotopic (exact) mass is 399 g/mol. The number of aromatic nitrogens is 1. The maximum absolute atomic E-state index is 12.3. The molecule has 0 atom stereocenters. The van der Waals surface area contributed by atoms with Crippen LogP contribution < -0.4 is 10.6 Å². The number of aryl methyl sites for hydroxylation is 1. The van der Waals surface area contributed by atoms with Crippen LogP contribution in [0.3, 0.4) is 0 Å². The molecular weight excluding hydrogens is 370 g/mol. The molecule has 0 radical (unpaired) electrons. The number of amides is 1. The molecule has 0 fully saturated rings. The summed E-state index contributed by atoms with van der Waals surface area (Å²) in [5.41, 5.74) is 5.98. The fourth-order valence-electron chi connectivity index (χ4n) is 3.02. The van der Waals surface area contributed by atoms with Crippen LogP contribution >= 0.6 is 0 Å². The smallest absolute Gasteiger partial charge is 0.251 e. The number of carbonyl (C=O) groups excluding carboxylic acids is 1. The van der Waals surface area contributed by atoms with Gasteiger partial charge in [0.25, 0.3) is 5.91 Å². The fourth-order valence-corrected chi connectivity index (χ4v) is 3.02. The molecule has 0 unspecified atom stereocenters. The van der Waals surface area contributed by atoms with Gasteiger partial charge in [-0.15, -0.1) is 0 Å². The van der Waals surface area contributed by atoms with Gasteiger partial charge >= 0.3 is 0 Å². The molecule has 4 nitrogen and oxygen atoms in total. The normalized spacial score (nSPS) is 11.1. The Morgan fingerprint density at radius 1 is 0.967 bits per heavy atom. The van der Waals surface area contributed by atoms with Gasteiger partial charge < -0.3 is 10.6 Å². The summed E-state index contributed by atoms with van der Waals surface area (Å²) >= 11 is 0. The SMILES string of the molecule is Cc1cc(C(=O)NCCC(C)C)ccc1Nc1ccc(C=Cc2ccncc2)cc1. The van der Waals surface area contributed by atoms with Crippen LogP contribution in [0, 0.1) is 12.8 Å². The Morgan fingerprint density at radius 3 is 2.27 bits per heavy atom. The molecule has 0 saturated heterocycles. The Morgan fingerprint density at radius 2 is 1.63 bits per heavy atom. The van der Waals surface area contributed by atoms with Crippen molar-refractivity contribution in [2.45, 2.75) is 27.2 Å². The summed E-state index contributed by atoms with van der Waals surface area (Å²) in [5.74, 6) is 0.562. The largest absolute Gasteiger partial charge is 0.355 e. The van der Waals surface area contributed by atoms with Gasteiger partial charge in [-0.3, -0.25) is 9.78 Å². The second kappa shape index (κ2) is 10.4. The molecule has 2 N–H and O–H groups in total. The van der Waals surface area contributed by atoms with E-state index in [1.165, 1.54) is 0 Å². The third kappa shape index (κ3) is 6.31. The number of anilines is 2. The highest BCUT2D eigenvalue weighted by molar-refractivity contribution is 5.95. The van der Waals surface area contributed by atoms with Crippen LogP contribution in [-0.2, 0) is 0 Å². The van der Waals surface area contributed by atoms with Crippen molar-refractivity contribution in [3.05, 3.63) is 89.2 Å². The molecule has 0 bridgehead atoms. The lowest BCUT2D eigenvalue weighted by Gasteiger charge is -2.12. The predicted octanol–water partition coefficient (Wildman–Crippen LogP) is 6.08. The van der Waals surface area contributed by atoms with Crippen molar-refractivity contribution in [2.24, 2.45) is 5.92 Å². The number of rotatable bonds is 8. The van der Waals surface area contributed by atoms with Gasteiger partial charge in [0.05, 0.1) is 0 Å². The predicted molar refractivity (Wildman–Crippen MR) is 126 cm³/mol. The minimum Gasteiger partial charge on any atom is -0.355 e. The lowest BCUT2D eigenvalue weighted by molar-refractivity contribution is 0.0952. The summed E-state index contributed by atoms with van der Waals surface area (Å²) in [7, 11) is 0. The lowest BCUT2D eigenvalue weighted by atomic mass is 10.1. The first kappa shape index (κ1) is 21.3. The molecule has 30 heavy (non-hydrogen) atoms. The van der Waals surface area contributed by atoms with E-state index in [-0.39, 0.29) is 5.91 Å². The van der Waals surface area contributed by atoms with Crippen molar-refractivity contribution in [3.8, 4) is 0 Å². The topological polar surface area (TPSA) is 54.0 Å².